The van der Waals surface area contributed by atoms with Gasteiger partial charge < -0.3 is 84.7 Å². The van der Waals surface area contributed by atoms with Crippen LogP contribution in [0, 0.1) is 28.6 Å². The molecule has 6 amide bonds. The summed E-state index contributed by atoms with van der Waals surface area (Å²) in [6, 6.07) is 24.2. The third-order valence-corrected chi connectivity index (χ3v) is 20.3. The molecule has 0 spiro atoms. The zero-order valence-electron chi connectivity index (χ0n) is 62.8. The molecule has 3 aliphatic carbocycles. The largest absolute Gasteiger partial charge is 0.509 e. The number of nitrogens with one attached hydrogen (secondary N) is 6. The molecule has 0 radical (unpaired) electrons. The zero-order chi connectivity index (χ0) is 79.7. The van der Waals surface area contributed by atoms with Crippen molar-refractivity contribution in [2.45, 2.75) is 186 Å². The van der Waals surface area contributed by atoms with E-state index in [0.29, 0.717) is 18.4 Å². The molecule has 29 heteroatoms. The van der Waals surface area contributed by atoms with Crippen LogP contribution < -0.4 is 31.9 Å². The maximum Gasteiger partial charge on any atom is 0.509 e. The Balaban J connectivity index is 1.10. The van der Waals surface area contributed by atoms with Crippen molar-refractivity contribution in [3.63, 3.8) is 0 Å². The van der Waals surface area contributed by atoms with Crippen molar-refractivity contribution in [2.24, 2.45) is 28.6 Å². The summed E-state index contributed by atoms with van der Waals surface area (Å²) in [5, 5.41) is 42.8. The number of alkyl carbamates (subject to hydrolysis) is 2. The van der Waals surface area contributed by atoms with Gasteiger partial charge in [-0.25, -0.2) is 24.0 Å². The predicted octanol–water partition coefficient (Wildman–Crippen LogP) is 8.07. The number of aliphatic hydroxyl groups excluding tert-OH is 1. The summed E-state index contributed by atoms with van der Waals surface area (Å²) in [5.74, 6) is -10.3. The summed E-state index contributed by atoms with van der Waals surface area (Å²) >= 11 is 0. The van der Waals surface area contributed by atoms with Crippen molar-refractivity contribution in [1.29, 1.82) is 0 Å². The Labute approximate surface area is 632 Å². The minimum absolute atomic E-state index is 0.0108. The van der Waals surface area contributed by atoms with Crippen molar-refractivity contribution in [1.82, 2.24) is 26.6 Å². The number of carbonyl (C=O) groups excluding carboxylic acids is 12. The van der Waals surface area contributed by atoms with Gasteiger partial charge in [0.15, 0.2) is 17.5 Å². The van der Waals surface area contributed by atoms with Crippen LogP contribution in [-0.2, 0) is 82.8 Å². The Bertz CT molecular complexity index is 4020. The summed E-state index contributed by atoms with van der Waals surface area (Å²) in [5.41, 5.74) is -7.76. The van der Waals surface area contributed by atoms with Gasteiger partial charge in [-0.1, -0.05) is 146 Å². The van der Waals surface area contributed by atoms with Gasteiger partial charge in [0.1, 0.15) is 67.9 Å². The van der Waals surface area contributed by atoms with E-state index < -0.39 is 186 Å². The van der Waals surface area contributed by atoms with E-state index in [-0.39, 0.29) is 78.5 Å². The van der Waals surface area contributed by atoms with Gasteiger partial charge in [0.05, 0.1) is 29.6 Å². The minimum atomic E-state index is -2.58. The van der Waals surface area contributed by atoms with Crippen molar-refractivity contribution in [3.05, 3.63) is 174 Å². The molecule has 8 N–H and O–H groups in total. The first-order valence-corrected chi connectivity index (χ1v) is 36.1. The molecule has 4 aliphatic rings. The first kappa shape index (κ1) is 83.9. The van der Waals surface area contributed by atoms with E-state index in [1.807, 2.05) is 13.8 Å². The fourth-order valence-corrected chi connectivity index (χ4v) is 14.7. The lowest BCUT2D eigenvalue weighted by molar-refractivity contribution is -0.346. The molecule has 1 saturated heterocycles. The molecular weight excluding hydrogens is 1410 g/mol. The Hall–Kier alpha value is -10.8. The smallest absolute Gasteiger partial charge is 0.455 e. The average Bonchev–Trinajstić information content (AvgIpc) is 0.668. The Morgan fingerprint density at radius 1 is 0.688 bits per heavy atom. The number of esters is 4. The molecule has 109 heavy (non-hydrogen) atoms. The van der Waals surface area contributed by atoms with Crippen molar-refractivity contribution in [3.8, 4) is 0 Å². The number of carbonyl (C=O) groups is 12. The standard InChI is InChI=1S/C80H98N6O23/c1-13-38-101-74(97)81-37-25-24-32-55(83-70(93)56(40-45(3)4)84-71(94)61(46(5)6)86-75(98)102-39-14-2)69(92)82-54-35-33-50(34-36-54)43-103-76(99)107-64(62(51-26-18-15-19-27-51)85-68(91)52-28-20-16-21-29-52)73(96)106-57-42-80(100)67(108-72(95)53-30-22-17-23-31-53)65-78(12,58(89)41-59-79(65,44-104-59)109-49(9)88)66(90)63(105-48(8)87)60(47(57)7)77(80,10)11/h13-23,26-31,33-36,45-46,55-59,61-65,67,89,100H,1-2,24-25,32,37-44H2,3-12H3,(H,81,97)(H,82,92)(H,83,93)(H,84,94)(H,85,91)(H,86,98)/t55-,56-,57-,58-,59+,61+,62-,63+,64+,65-,67-,78+,79-,80+/m0/s1. The molecule has 1 aliphatic heterocycles. The highest BCUT2D eigenvalue weighted by Gasteiger charge is 2.78. The number of ketones is 1. The lowest BCUT2D eigenvalue weighted by atomic mass is 9.44. The number of ether oxygens (including phenoxy) is 9. The van der Waals surface area contributed by atoms with E-state index in [0.717, 1.165) is 13.8 Å². The summed E-state index contributed by atoms with van der Waals surface area (Å²) in [7, 11) is 0. The van der Waals surface area contributed by atoms with Crippen LogP contribution in [0.4, 0.5) is 20.1 Å². The fraction of sp³-hybridized carbons (Fsp3) is 0.475. The molecule has 8 rings (SSSR count). The van der Waals surface area contributed by atoms with Gasteiger partial charge in [0.2, 0.25) is 23.8 Å². The molecule has 3 fully saturated rings. The van der Waals surface area contributed by atoms with Gasteiger partial charge in [-0.2, -0.15) is 0 Å². The molecule has 2 saturated carbocycles. The Morgan fingerprint density at radius 3 is 1.87 bits per heavy atom. The Kier molecular flexibility index (Phi) is 28.4. The summed E-state index contributed by atoms with van der Waals surface area (Å²) in [6.07, 6.45) is -11.1. The zero-order valence-corrected chi connectivity index (χ0v) is 62.8. The average molecular weight is 1510 g/mol. The van der Waals surface area contributed by atoms with Crippen molar-refractivity contribution < 1.29 is 110 Å². The number of hydrogen-bond acceptors (Lipinski definition) is 23. The second kappa shape index (κ2) is 36.9. The topological polar surface area (TPSA) is 401 Å². The molecule has 0 aromatic heterocycles. The van der Waals surface area contributed by atoms with Gasteiger partial charge in [0.25, 0.3) is 5.91 Å². The fourth-order valence-electron chi connectivity index (χ4n) is 14.7. The van der Waals surface area contributed by atoms with Gasteiger partial charge in [0, 0.05) is 49.9 Å². The number of hydrogen-bond donors (Lipinski definition) is 8. The number of rotatable bonds is 32. The van der Waals surface area contributed by atoms with E-state index in [9.17, 15) is 58.2 Å². The van der Waals surface area contributed by atoms with Crippen LogP contribution in [0.3, 0.4) is 0 Å². The van der Waals surface area contributed by atoms with Crippen LogP contribution >= 0.6 is 0 Å². The molecule has 0 unspecified atom stereocenters. The molecule has 14 atom stereocenters. The lowest BCUT2D eigenvalue weighted by Crippen LogP contribution is -2.82. The van der Waals surface area contributed by atoms with E-state index in [4.69, 9.17) is 42.6 Å². The quantitative estimate of drug-likeness (QED) is 0.00991. The highest BCUT2D eigenvalue weighted by Crippen LogP contribution is 2.64. The lowest BCUT2D eigenvalue weighted by Gasteiger charge is -2.67. The van der Waals surface area contributed by atoms with Crippen LogP contribution in [0.15, 0.2) is 152 Å². The first-order valence-electron chi connectivity index (χ1n) is 36.1. The number of unbranched alkanes of at least 4 members (excludes halogenated alkanes) is 1. The first-order chi connectivity index (χ1) is 51.7. The number of aliphatic hydroxyl groups is 2. The van der Waals surface area contributed by atoms with E-state index in [1.54, 1.807) is 68.4 Å². The normalized spacial score (nSPS) is 23.6. The second-order valence-corrected chi connectivity index (χ2v) is 29.0. The molecule has 4 aromatic carbocycles. The highest BCUT2D eigenvalue weighted by molar-refractivity contribution is 6.00. The van der Waals surface area contributed by atoms with Gasteiger partial charge >= 0.3 is 42.2 Å². The van der Waals surface area contributed by atoms with Gasteiger partial charge in [-0.3, -0.25) is 33.6 Å². The summed E-state index contributed by atoms with van der Waals surface area (Å²) in [6.45, 7) is 21.2. The maximum absolute atomic E-state index is 16.0. The number of Topliss-reactive ketones (excluding diaryl/α,β-unsaturated/α-hetero) is 1. The maximum atomic E-state index is 16.0. The monoisotopic (exact) mass is 1510 g/mol. The van der Waals surface area contributed by atoms with Crippen LogP contribution in [0.1, 0.15) is 146 Å². The molecule has 2 bridgehead atoms. The van der Waals surface area contributed by atoms with Crippen LogP contribution in [0.25, 0.3) is 0 Å². The van der Waals surface area contributed by atoms with E-state index in [2.05, 4.69) is 45.1 Å². The molecule has 29 nitrogen and oxygen atoms in total. The van der Waals surface area contributed by atoms with Crippen LogP contribution in [0.2, 0.25) is 0 Å². The SMILES string of the molecule is C=CCOC(=O)NCCCC[C@H](NC(=O)[C@H](CC(C)C)NC(=O)[C@H](NC(=O)OCC=C)C(C)C)C(=O)Nc1ccc(COC(=O)O[C@@H](C(=O)O[C@H]2C[C@@]3(O)[C@@H](OC(=O)c4ccccc4)[C@@H]4[C@]5(OC(C)=O)CO[C@@H]5C[C@H](O)[C@@]4(C)C(=O)[C@H](OC(C)=O)C(=C2C)C3(C)C)[C@@H](NC(=O)c2ccccc2)c2ccccc2)cc1. The van der Waals surface area contributed by atoms with E-state index in [1.165, 1.54) is 101 Å². The minimum Gasteiger partial charge on any atom is -0.455 e. The molecule has 586 valence electrons. The summed E-state index contributed by atoms with van der Waals surface area (Å²) < 4.78 is 52.8. The highest BCUT2D eigenvalue weighted by atomic mass is 16.7. The van der Waals surface area contributed by atoms with Crippen LogP contribution in [-0.4, -0.2) is 174 Å². The Morgan fingerprint density at radius 2 is 1.29 bits per heavy atom. The van der Waals surface area contributed by atoms with Gasteiger partial charge in [-0.05, 0) is 110 Å². The molecule has 1 heterocycles. The second-order valence-electron chi connectivity index (χ2n) is 29.0. The van der Waals surface area contributed by atoms with Crippen molar-refractivity contribution >= 4 is 77.3 Å². The molecular formula is C80H98N6O23. The van der Waals surface area contributed by atoms with Gasteiger partial charge in [-0.15, -0.1) is 0 Å². The van der Waals surface area contributed by atoms with Crippen molar-refractivity contribution in [2.75, 3.05) is 31.7 Å². The number of fused-ring (bicyclic) bond motifs is 5. The molecule has 4 aromatic rings. The third kappa shape index (κ3) is 19.8. The summed E-state index contributed by atoms with van der Waals surface area (Å²) in [4.78, 5) is 169. The number of anilines is 1. The van der Waals surface area contributed by atoms with E-state index >= 15 is 9.59 Å². The number of amides is 6. The predicted molar refractivity (Wildman–Crippen MR) is 392 cm³/mol. The third-order valence-electron chi connectivity index (χ3n) is 20.3. The van der Waals surface area contributed by atoms with Crippen LogP contribution in [0.5, 0.6) is 0 Å². The number of benzene rings is 4.